The van der Waals surface area contributed by atoms with Crippen molar-refractivity contribution >= 4 is 5.69 Å². The molecule has 106 valence electrons. The van der Waals surface area contributed by atoms with Crippen LogP contribution in [-0.2, 0) is 11.3 Å². The number of para-hydroxylation sites is 1. The molecule has 0 fully saturated rings. The fourth-order valence-electron chi connectivity index (χ4n) is 1.83. The number of benzene rings is 2. The van der Waals surface area contributed by atoms with Gasteiger partial charge in [0.05, 0.1) is 6.61 Å². The molecule has 0 aliphatic heterocycles. The highest BCUT2D eigenvalue weighted by Gasteiger charge is 1.96. The lowest BCUT2D eigenvalue weighted by Crippen LogP contribution is -2.06. The fourth-order valence-corrected chi connectivity index (χ4v) is 1.83. The maximum absolute atomic E-state index is 5.58. The minimum absolute atomic E-state index is 0.593. The van der Waals surface area contributed by atoms with Crippen LogP contribution in [-0.4, -0.2) is 19.8 Å². The Morgan fingerprint density at radius 1 is 0.900 bits per heavy atom. The van der Waals surface area contributed by atoms with E-state index in [2.05, 4.69) is 29.6 Å². The number of hydrogen-bond acceptors (Lipinski definition) is 3. The highest BCUT2D eigenvalue weighted by atomic mass is 16.5. The summed E-state index contributed by atoms with van der Waals surface area (Å²) < 4.78 is 10.8. The Balaban J connectivity index is 1.76. The first-order valence-corrected chi connectivity index (χ1v) is 6.97. The second kappa shape index (κ2) is 8.23. The monoisotopic (exact) mass is 271 g/mol. The van der Waals surface area contributed by atoms with Crippen LogP contribution in [0.25, 0.3) is 0 Å². The van der Waals surface area contributed by atoms with Crippen LogP contribution < -0.4 is 10.1 Å². The van der Waals surface area contributed by atoms with Gasteiger partial charge in [0, 0.05) is 18.8 Å². The van der Waals surface area contributed by atoms with Gasteiger partial charge in [-0.3, -0.25) is 0 Å². The van der Waals surface area contributed by atoms with E-state index in [-0.39, 0.29) is 0 Å². The van der Waals surface area contributed by atoms with Gasteiger partial charge in [-0.15, -0.1) is 0 Å². The van der Waals surface area contributed by atoms with Gasteiger partial charge in [-0.1, -0.05) is 30.3 Å². The molecule has 0 heterocycles. The molecule has 3 heteroatoms. The molecule has 0 saturated carbocycles. The van der Waals surface area contributed by atoms with E-state index < -0.39 is 0 Å². The minimum Gasteiger partial charge on any atom is -0.491 e. The Labute approximate surface area is 120 Å². The highest BCUT2D eigenvalue weighted by molar-refractivity contribution is 5.43. The SMILES string of the molecule is CCOCCOc1ccc(CNc2ccccc2)cc1. The summed E-state index contributed by atoms with van der Waals surface area (Å²) in [5, 5.41) is 3.38. The number of ether oxygens (including phenoxy) is 2. The van der Waals surface area contributed by atoms with Gasteiger partial charge in [0.15, 0.2) is 0 Å². The highest BCUT2D eigenvalue weighted by Crippen LogP contribution is 2.14. The number of hydrogen-bond donors (Lipinski definition) is 1. The van der Waals surface area contributed by atoms with Crippen molar-refractivity contribution in [3.05, 3.63) is 60.2 Å². The van der Waals surface area contributed by atoms with Gasteiger partial charge in [-0.2, -0.15) is 0 Å². The Kier molecular flexibility index (Phi) is 5.93. The molecule has 0 bridgehead atoms. The van der Waals surface area contributed by atoms with E-state index in [1.165, 1.54) is 5.56 Å². The van der Waals surface area contributed by atoms with Crippen LogP contribution in [0.1, 0.15) is 12.5 Å². The van der Waals surface area contributed by atoms with Gasteiger partial charge in [0.2, 0.25) is 0 Å². The van der Waals surface area contributed by atoms with E-state index in [0.717, 1.165) is 24.6 Å². The van der Waals surface area contributed by atoms with Gasteiger partial charge in [-0.05, 0) is 36.8 Å². The summed E-state index contributed by atoms with van der Waals surface area (Å²) in [7, 11) is 0. The molecule has 2 aromatic rings. The number of nitrogens with one attached hydrogen (secondary N) is 1. The van der Waals surface area contributed by atoms with E-state index in [9.17, 15) is 0 Å². The third-order valence-electron chi connectivity index (χ3n) is 2.89. The standard InChI is InChI=1S/C17H21NO2/c1-2-19-12-13-20-17-10-8-15(9-11-17)14-18-16-6-4-3-5-7-16/h3-11,18H,2,12-14H2,1H3. The number of anilines is 1. The van der Waals surface area contributed by atoms with Gasteiger partial charge in [0.1, 0.15) is 12.4 Å². The van der Waals surface area contributed by atoms with Crippen molar-refractivity contribution in [3.8, 4) is 5.75 Å². The second-order valence-corrected chi connectivity index (χ2v) is 4.41. The largest absolute Gasteiger partial charge is 0.491 e. The first-order valence-electron chi connectivity index (χ1n) is 6.97. The Bertz CT molecular complexity index is 482. The van der Waals surface area contributed by atoms with E-state index in [4.69, 9.17) is 9.47 Å². The molecule has 0 amide bonds. The Morgan fingerprint density at radius 2 is 1.65 bits per heavy atom. The molecular formula is C17H21NO2. The average Bonchev–Trinajstić information content (AvgIpc) is 2.52. The lowest BCUT2D eigenvalue weighted by atomic mass is 10.2. The van der Waals surface area contributed by atoms with Crippen molar-refractivity contribution in [1.29, 1.82) is 0 Å². The van der Waals surface area contributed by atoms with Crippen molar-refractivity contribution in [2.75, 3.05) is 25.1 Å². The van der Waals surface area contributed by atoms with Gasteiger partial charge in [-0.25, -0.2) is 0 Å². The van der Waals surface area contributed by atoms with Crippen LogP contribution in [0.4, 0.5) is 5.69 Å². The zero-order chi connectivity index (χ0) is 14.0. The predicted octanol–water partition coefficient (Wildman–Crippen LogP) is 3.71. The van der Waals surface area contributed by atoms with Crippen molar-refractivity contribution in [2.24, 2.45) is 0 Å². The van der Waals surface area contributed by atoms with Crippen LogP contribution in [0.3, 0.4) is 0 Å². The van der Waals surface area contributed by atoms with Crippen molar-refractivity contribution in [2.45, 2.75) is 13.5 Å². The zero-order valence-electron chi connectivity index (χ0n) is 11.8. The second-order valence-electron chi connectivity index (χ2n) is 4.41. The normalized spacial score (nSPS) is 10.2. The molecule has 0 radical (unpaired) electrons. The molecule has 0 aromatic heterocycles. The van der Waals surface area contributed by atoms with E-state index >= 15 is 0 Å². The summed E-state index contributed by atoms with van der Waals surface area (Å²) >= 11 is 0. The molecule has 1 N–H and O–H groups in total. The van der Waals surface area contributed by atoms with E-state index in [0.29, 0.717) is 13.2 Å². The lowest BCUT2D eigenvalue weighted by Gasteiger charge is -2.09. The molecule has 0 atom stereocenters. The molecule has 0 aliphatic carbocycles. The molecule has 3 nitrogen and oxygen atoms in total. The smallest absolute Gasteiger partial charge is 0.119 e. The van der Waals surface area contributed by atoms with Crippen LogP contribution in [0.2, 0.25) is 0 Å². The van der Waals surface area contributed by atoms with Gasteiger partial charge >= 0.3 is 0 Å². The third kappa shape index (κ3) is 4.94. The van der Waals surface area contributed by atoms with Crippen LogP contribution >= 0.6 is 0 Å². The van der Waals surface area contributed by atoms with Crippen molar-refractivity contribution in [1.82, 2.24) is 0 Å². The van der Waals surface area contributed by atoms with E-state index in [1.807, 2.05) is 37.3 Å². The summed E-state index contributed by atoms with van der Waals surface area (Å²) in [5.74, 6) is 0.883. The summed E-state index contributed by atoms with van der Waals surface area (Å²) in [6.45, 7) is 4.74. The molecule has 0 unspecified atom stereocenters. The molecule has 2 aromatic carbocycles. The topological polar surface area (TPSA) is 30.5 Å². The molecular weight excluding hydrogens is 250 g/mol. The molecule has 0 saturated heterocycles. The quantitative estimate of drug-likeness (QED) is 0.742. The average molecular weight is 271 g/mol. The molecule has 0 spiro atoms. The summed E-state index contributed by atoms with van der Waals surface area (Å²) in [4.78, 5) is 0. The molecule has 0 aliphatic rings. The van der Waals surface area contributed by atoms with Crippen molar-refractivity contribution in [3.63, 3.8) is 0 Å². The van der Waals surface area contributed by atoms with Crippen LogP contribution in [0.5, 0.6) is 5.75 Å². The zero-order valence-corrected chi connectivity index (χ0v) is 11.8. The molecule has 2 rings (SSSR count). The number of rotatable bonds is 8. The minimum atomic E-state index is 0.593. The third-order valence-corrected chi connectivity index (χ3v) is 2.89. The predicted molar refractivity (Wildman–Crippen MR) is 82.2 cm³/mol. The summed E-state index contributed by atoms with van der Waals surface area (Å²) in [5.41, 5.74) is 2.36. The summed E-state index contributed by atoms with van der Waals surface area (Å²) in [6.07, 6.45) is 0. The first-order chi connectivity index (χ1) is 9.88. The Hall–Kier alpha value is -2.00. The lowest BCUT2D eigenvalue weighted by molar-refractivity contribution is 0.110. The first kappa shape index (κ1) is 14.4. The van der Waals surface area contributed by atoms with Crippen LogP contribution in [0, 0.1) is 0 Å². The van der Waals surface area contributed by atoms with Gasteiger partial charge < -0.3 is 14.8 Å². The summed E-state index contributed by atoms with van der Waals surface area (Å²) in [6, 6.07) is 18.3. The maximum Gasteiger partial charge on any atom is 0.119 e. The molecule has 20 heavy (non-hydrogen) atoms. The fraction of sp³-hybridized carbons (Fsp3) is 0.294. The Morgan fingerprint density at radius 3 is 2.35 bits per heavy atom. The van der Waals surface area contributed by atoms with Crippen LogP contribution in [0.15, 0.2) is 54.6 Å². The van der Waals surface area contributed by atoms with Crippen molar-refractivity contribution < 1.29 is 9.47 Å². The van der Waals surface area contributed by atoms with E-state index in [1.54, 1.807) is 0 Å². The van der Waals surface area contributed by atoms with Gasteiger partial charge in [0.25, 0.3) is 0 Å². The maximum atomic E-state index is 5.58.